The Kier molecular flexibility index (Phi) is 4.89. The van der Waals surface area contributed by atoms with Gasteiger partial charge in [0.1, 0.15) is 6.20 Å². The molecule has 8 nitrogen and oxygen atoms in total. The number of nitro groups is 1. The number of aromatic carboxylic acids is 1. The average Bonchev–Trinajstić information content (AvgIpc) is 2.71. The van der Waals surface area contributed by atoms with Crippen LogP contribution in [0.25, 0.3) is 0 Å². The molecular weight excluding hydrogens is 294 g/mol. The number of nitrogens with zero attached hydrogens (tertiary/aromatic N) is 3. The van der Waals surface area contributed by atoms with Crippen LogP contribution in [-0.4, -0.2) is 40.7 Å². The molecule has 1 aromatic heterocycles. The molecule has 1 N–H and O–H groups in total. The minimum Gasteiger partial charge on any atom is -0.476 e. The van der Waals surface area contributed by atoms with Gasteiger partial charge in [-0.1, -0.05) is 20.8 Å². The highest BCUT2D eigenvalue weighted by molar-refractivity contribution is 6.74. The SMILES string of the molecule is CC(C)(C)[Si](C)(C)OCCn1cc([N+](=O)[O-])c(C(=O)O)n1. The molecule has 0 aliphatic carbocycles. The molecular formula is C12H21N3O5Si. The molecule has 0 aliphatic heterocycles. The second-order valence-electron chi connectivity index (χ2n) is 6.30. The van der Waals surface area contributed by atoms with Crippen molar-refractivity contribution in [2.24, 2.45) is 0 Å². The molecule has 1 aromatic rings. The Morgan fingerprint density at radius 3 is 2.48 bits per heavy atom. The summed E-state index contributed by atoms with van der Waals surface area (Å²) >= 11 is 0. The maximum absolute atomic E-state index is 10.9. The summed E-state index contributed by atoms with van der Waals surface area (Å²) in [5.41, 5.74) is -1.05. The first kappa shape index (κ1) is 17.3. The summed E-state index contributed by atoms with van der Waals surface area (Å²) in [6.45, 7) is 11.2. The number of hydrogen-bond acceptors (Lipinski definition) is 5. The van der Waals surface area contributed by atoms with E-state index in [0.29, 0.717) is 6.61 Å². The summed E-state index contributed by atoms with van der Waals surface area (Å²) in [4.78, 5) is 20.9. The Bertz CT molecular complexity index is 516. The van der Waals surface area contributed by atoms with E-state index in [9.17, 15) is 14.9 Å². The second-order valence-corrected chi connectivity index (χ2v) is 11.1. The zero-order chi connectivity index (χ0) is 16.4. The highest BCUT2D eigenvalue weighted by Crippen LogP contribution is 2.36. The van der Waals surface area contributed by atoms with Gasteiger partial charge in [0, 0.05) is 0 Å². The van der Waals surface area contributed by atoms with E-state index in [1.807, 2.05) is 0 Å². The van der Waals surface area contributed by atoms with Gasteiger partial charge < -0.3 is 9.53 Å². The summed E-state index contributed by atoms with van der Waals surface area (Å²) < 4.78 is 7.17. The maximum atomic E-state index is 10.9. The van der Waals surface area contributed by atoms with Crippen LogP contribution in [0.1, 0.15) is 31.3 Å². The van der Waals surface area contributed by atoms with E-state index in [1.54, 1.807) is 0 Å². The molecule has 0 atom stereocenters. The third-order valence-electron chi connectivity index (χ3n) is 3.73. The quantitative estimate of drug-likeness (QED) is 0.491. The molecule has 0 amide bonds. The van der Waals surface area contributed by atoms with Crippen molar-refractivity contribution >= 4 is 20.0 Å². The number of aromatic nitrogens is 2. The molecule has 0 saturated carbocycles. The first-order valence-electron chi connectivity index (χ1n) is 6.55. The fraction of sp³-hybridized carbons (Fsp3) is 0.667. The second kappa shape index (κ2) is 5.94. The molecule has 1 rings (SSSR count). The van der Waals surface area contributed by atoms with Gasteiger partial charge in [0.25, 0.3) is 0 Å². The Morgan fingerprint density at radius 2 is 2.10 bits per heavy atom. The maximum Gasteiger partial charge on any atom is 0.363 e. The largest absolute Gasteiger partial charge is 0.476 e. The van der Waals surface area contributed by atoms with Gasteiger partial charge in [0.05, 0.1) is 18.1 Å². The molecule has 0 bridgehead atoms. The molecule has 1 heterocycles. The zero-order valence-corrected chi connectivity index (χ0v) is 13.9. The number of carboxylic acids is 1. The van der Waals surface area contributed by atoms with Gasteiger partial charge >= 0.3 is 11.7 Å². The van der Waals surface area contributed by atoms with E-state index < -0.39 is 30.6 Å². The fourth-order valence-corrected chi connectivity index (χ4v) is 2.46. The molecule has 9 heteroatoms. The molecule has 0 radical (unpaired) electrons. The van der Waals surface area contributed by atoms with Gasteiger partial charge in [-0.15, -0.1) is 0 Å². The van der Waals surface area contributed by atoms with Crippen LogP contribution in [0, 0.1) is 10.1 Å². The first-order chi connectivity index (χ1) is 9.45. The first-order valence-corrected chi connectivity index (χ1v) is 9.45. The van der Waals surface area contributed by atoms with E-state index in [2.05, 4.69) is 39.0 Å². The number of carboxylic acid groups (broad SMARTS) is 1. The van der Waals surface area contributed by atoms with Crippen molar-refractivity contribution in [3.63, 3.8) is 0 Å². The van der Waals surface area contributed by atoms with Crippen LogP contribution in [0.2, 0.25) is 18.1 Å². The smallest absolute Gasteiger partial charge is 0.363 e. The lowest BCUT2D eigenvalue weighted by Crippen LogP contribution is -2.41. The third kappa shape index (κ3) is 4.11. The molecule has 0 spiro atoms. The Morgan fingerprint density at radius 1 is 1.52 bits per heavy atom. The van der Waals surface area contributed by atoms with Crippen molar-refractivity contribution in [3.8, 4) is 0 Å². The number of carbonyl (C=O) groups is 1. The standard InChI is InChI=1S/C12H21N3O5Si/c1-12(2,3)21(4,5)20-7-6-14-8-9(15(18)19)10(13-14)11(16)17/h8H,6-7H2,1-5H3,(H,16,17). The van der Waals surface area contributed by atoms with Crippen molar-refractivity contribution in [1.82, 2.24) is 9.78 Å². The summed E-state index contributed by atoms with van der Waals surface area (Å²) in [5.74, 6) is -1.41. The molecule has 0 fully saturated rings. The number of rotatable bonds is 6. The zero-order valence-electron chi connectivity index (χ0n) is 12.9. The van der Waals surface area contributed by atoms with Gasteiger partial charge in [-0.3, -0.25) is 14.8 Å². The van der Waals surface area contributed by atoms with Crippen molar-refractivity contribution in [1.29, 1.82) is 0 Å². The monoisotopic (exact) mass is 315 g/mol. The summed E-state index contributed by atoms with van der Waals surface area (Å²) in [6.07, 6.45) is 1.12. The fourth-order valence-electron chi connectivity index (χ4n) is 1.42. The van der Waals surface area contributed by atoms with Gasteiger partial charge in [-0.05, 0) is 18.1 Å². The van der Waals surface area contributed by atoms with Crippen molar-refractivity contribution in [2.75, 3.05) is 6.61 Å². The predicted molar refractivity (Wildman–Crippen MR) is 79.0 cm³/mol. The lowest BCUT2D eigenvalue weighted by atomic mass is 10.2. The van der Waals surface area contributed by atoms with Gasteiger partial charge in [-0.25, -0.2) is 4.79 Å². The highest BCUT2D eigenvalue weighted by atomic mass is 28.4. The van der Waals surface area contributed by atoms with Crippen LogP contribution in [0.4, 0.5) is 5.69 Å². The van der Waals surface area contributed by atoms with Crippen molar-refractivity contribution in [2.45, 2.75) is 45.4 Å². The molecule has 0 unspecified atom stereocenters. The van der Waals surface area contributed by atoms with Gasteiger partial charge in [-0.2, -0.15) is 5.10 Å². The lowest BCUT2D eigenvalue weighted by Gasteiger charge is -2.36. The number of hydrogen-bond donors (Lipinski definition) is 1. The van der Waals surface area contributed by atoms with Crippen molar-refractivity contribution < 1.29 is 19.3 Å². The van der Waals surface area contributed by atoms with Gasteiger partial charge in [0.2, 0.25) is 5.69 Å². The van der Waals surface area contributed by atoms with Gasteiger partial charge in [0.15, 0.2) is 8.32 Å². The minimum absolute atomic E-state index is 0.0648. The van der Waals surface area contributed by atoms with Crippen LogP contribution in [0.5, 0.6) is 0 Å². The van der Waals surface area contributed by atoms with E-state index in [4.69, 9.17) is 9.53 Å². The van der Waals surface area contributed by atoms with Crippen LogP contribution in [0.3, 0.4) is 0 Å². The topological polar surface area (TPSA) is 107 Å². The predicted octanol–water partition coefficient (Wildman–Crippen LogP) is 2.51. The Hall–Kier alpha value is -1.74. The summed E-state index contributed by atoms with van der Waals surface area (Å²) in [6, 6.07) is 0. The van der Waals surface area contributed by atoms with E-state index in [1.165, 1.54) is 4.68 Å². The van der Waals surface area contributed by atoms with Crippen LogP contribution in [-0.2, 0) is 11.0 Å². The molecule has 0 aromatic carbocycles. The van der Waals surface area contributed by atoms with Crippen LogP contribution in [0.15, 0.2) is 6.20 Å². The molecule has 118 valence electrons. The Balaban J connectivity index is 2.76. The lowest BCUT2D eigenvalue weighted by molar-refractivity contribution is -0.385. The Labute approximate surface area is 124 Å². The summed E-state index contributed by atoms with van der Waals surface area (Å²) in [5, 5.41) is 23.4. The highest BCUT2D eigenvalue weighted by Gasteiger charge is 2.37. The molecule has 0 aliphatic rings. The van der Waals surface area contributed by atoms with Crippen LogP contribution >= 0.6 is 0 Å². The normalized spacial score (nSPS) is 12.4. The van der Waals surface area contributed by atoms with E-state index in [0.717, 1.165) is 6.20 Å². The van der Waals surface area contributed by atoms with Crippen molar-refractivity contribution in [3.05, 3.63) is 22.0 Å². The third-order valence-corrected chi connectivity index (χ3v) is 8.27. The van der Waals surface area contributed by atoms with Crippen LogP contribution < -0.4 is 0 Å². The average molecular weight is 315 g/mol. The minimum atomic E-state index is -1.90. The van der Waals surface area contributed by atoms with E-state index >= 15 is 0 Å². The molecule has 21 heavy (non-hydrogen) atoms. The van der Waals surface area contributed by atoms with E-state index in [-0.39, 0.29) is 11.6 Å². The molecule has 0 saturated heterocycles. The summed E-state index contributed by atoms with van der Waals surface area (Å²) in [7, 11) is -1.90.